The van der Waals surface area contributed by atoms with Crippen LogP contribution in [-0.4, -0.2) is 37.8 Å². The molecule has 32 heavy (non-hydrogen) atoms. The third-order valence-corrected chi connectivity index (χ3v) is 4.68. The van der Waals surface area contributed by atoms with Gasteiger partial charge in [0.2, 0.25) is 5.96 Å². The Bertz CT molecular complexity index is 984. The van der Waals surface area contributed by atoms with Gasteiger partial charge in [-0.15, -0.1) is 0 Å². The number of carbonyl (C=O) groups is 1. The third kappa shape index (κ3) is 6.25. The molecule has 1 amide bonds. The Balaban J connectivity index is 1.74. The van der Waals surface area contributed by atoms with Crippen LogP contribution in [0.5, 0.6) is 0 Å². The Morgan fingerprint density at radius 2 is 1.84 bits per heavy atom. The second-order valence-electron chi connectivity index (χ2n) is 7.37. The van der Waals surface area contributed by atoms with Crippen LogP contribution in [0.15, 0.2) is 41.4 Å². The Morgan fingerprint density at radius 1 is 1.12 bits per heavy atom. The summed E-state index contributed by atoms with van der Waals surface area (Å²) in [6.07, 6.45) is -0.105. The van der Waals surface area contributed by atoms with Crippen molar-refractivity contribution in [3.05, 3.63) is 70.8 Å². The number of carbonyl (C=O) groups excluding carboxylic acids is 1. The van der Waals surface area contributed by atoms with Gasteiger partial charge < -0.3 is 15.4 Å². The molecular weight excluding hydrogens is 430 g/mol. The van der Waals surface area contributed by atoms with Gasteiger partial charge in [0, 0.05) is 37.2 Å². The van der Waals surface area contributed by atoms with Crippen LogP contribution < -0.4 is 21.5 Å². The van der Waals surface area contributed by atoms with Gasteiger partial charge in [0.1, 0.15) is 11.6 Å². The molecule has 0 spiro atoms. The standard InChI is InChI=1S/C21H23F4N5O2/c1-11(10-32-2)26-21(28-20(31)12-3-4-16(24)17(25)7-12)27-19-9-18(29-30-19)13-5-14(22)8-15(23)6-13/h3-8,11,18-19,29-30H,9-10H2,1-2H3,(H2,26,27,28,31)/t11-,18?,19?/m0/s1. The molecule has 11 heteroatoms. The van der Waals surface area contributed by atoms with E-state index in [2.05, 4.69) is 26.5 Å². The molecule has 172 valence electrons. The number of rotatable bonds is 6. The third-order valence-electron chi connectivity index (χ3n) is 4.68. The summed E-state index contributed by atoms with van der Waals surface area (Å²) in [5.41, 5.74) is 6.14. The lowest BCUT2D eigenvalue weighted by Crippen LogP contribution is -2.52. The molecule has 0 radical (unpaired) electrons. The van der Waals surface area contributed by atoms with Crippen LogP contribution in [0, 0.1) is 23.3 Å². The number of ether oxygens (including phenoxy) is 1. The summed E-state index contributed by atoms with van der Waals surface area (Å²) in [4.78, 5) is 16.4. The minimum Gasteiger partial charge on any atom is -0.383 e. The number of amides is 1. The highest BCUT2D eigenvalue weighted by atomic mass is 19.2. The molecule has 0 aromatic heterocycles. The van der Waals surface area contributed by atoms with Crippen LogP contribution in [0.25, 0.3) is 0 Å². The molecule has 0 saturated carbocycles. The van der Waals surface area contributed by atoms with Crippen molar-refractivity contribution < 1.29 is 27.1 Å². The van der Waals surface area contributed by atoms with Gasteiger partial charge in [-0.05, 0) is 42.8 Å². The number of methoxy groups -OCH3 is 1. The fraction of sp³-hybridized carbons (Fsp3) is 0.333. The molecule has 2 aromatic rings. The fourth-order valence-corrected chi connectivity index (χ4v) is 3.24. The van der Waals surface area contributed by atoms with Crippen LogP contribution in [0.3, 0.4) is 0 Å². The van der Waals surface area contributed by atoms with Crippen molar-refractivity contribution in [1.82, 2.24) is 21.5 Å². The molecule has 2 unspecified atom stereocenters. The lowest BCUT2D eigenvalue weighted by molar-refractivity contribution is 0.100. The van der Waals surface area contributed by atoms with Crippen molar-refractivity contribution in [3.8, 4) is 0 Å². The van der Waals surface area contributed by atoms with Gasteiger partial charge in [0.25, 0.3) is 5.91 Å². The first-order chi connectivity index (χ1) is 15.2. The second-order valence-corrected chi connectivity index (χ2v) is 7.37. The lowest BCUT2D eigenvalue weighted by Gasteiger charge is -2.20. The Kier molecular flexibility index (Phi) is 7.78. The monoisotopic (exact) mass is 453 g/mol. The topological polar surface area (TPSA) is 86.8 Å². The van der Waals surface area contributed by atoms with E-state index < -0.39 is 41.4 Å². The number of hydrogen-bond acceptors (Lipinski definition) is 4. The quantitative estimate of drug-likeness (QED) is 0.306. The lowest BCUT2D eigenvalue weighted by atomic mass is 10.0. The summed E-state index contributed by atoms with van der Waals surface area (Å²) >= 11 is 0. The molecule has 1 fully saturated rings. The van der Waals surface area contributed by atoms with Crippen molar-refractivity contribution >= 4 is 11.9 Å². The predicted octanol–water partition coefficient (Wildman–Crippen LogP) is 2.52. The molecule has 1 aliphatic rings. The molecule has 0 bridgehead atoms. The molecular formula is C21H23F4N5O2. The van der Waals surface area contributed by atoms with E-state index >= 15 is 0 Å². The van der Waals surface area contributed by atoms with Crippen LogP contribution in [0.1, 0.15) is 35.3 Å². The number of hydrogen-bond donors (Lipinski definition) is 4. The summed E-state index contributed by atoms with van der Waals surface area (Å²) in [5.74, 6) is -4.34. The minimum absolute atomic E-state index is 0.0645. The van der Waals surface area contributed by atoms with E-state index in [1.165, 1.54) is 19.2 Å². The zero-order valence-corrected chi connectivity index (χ0v) is 17.4. The zero-order valence-electron chi connectivity index (χ0n) is 17.4. The number of aliphatic imine (C=N–C) groups is 1. The maximum absolute atomic E-state index is 13.5. The first kappa shape index (κ1) is 23.6. The predicted molar refractivity (Wildman–Crippen MR) is 110 cm³/mol. The number of benzene rings is 2. The van der Waals surface area contributed by atoms with Crippen molar-refractivity contribution in [3.63, 3.8) is 0 Å². The van der Waals surface area contributed by atoms with Gasteiger partial charge in [-0.1, -0.05) is 0 Å². The van der Waals surface area contributed by atoms with Crippen LogP contribution in [0.2, 0.25) is 0 Å². The molecule has 7 nitrogen and oxygen atoms in total. The number of nitrogens with one attached hydrogen (secondary N) is 4. The van der Waals surface area contributed by atoms with Crippen LogP contribution in [0.4, 0.5) is 17.6 Å². The Morgan fingerprint density at radius 3 is 2.50 bits per heavy atom. The average Bonchev–Trinajstić information content (AvgIpc) is 3.18. The number of hydrazine groups is 1. The van der Waals surface area contributed by atoms with Gasteiger partial charge in [0.05, 0.1) is 12.8 Å². The molecule has 1 aliphatic heterocycles. The van der Waals surface area contributed by atoms with Crippen molar-refractivity contribution in [1.29, 1.82) is 0 Å². The number of guanidine groups is 1. The molecule has 3 rings (SSSR count). The SMILES string of the molecule is COC[C@H](C)N/C(=N/C(=O)c1ccc(F)c(F)c1)NC1CC(c2cc(F)cc(F)c2)NN1. The summed E-state index contributed by atoms with van der Waals surface area (Å²) in [7, 11) is 1.51. The van der Waals surface area contributed by atoms with Crippen molar-refractivity contribution in [2.75, 3.05) is 13.7 Å². The maximum Gasteiger partial charge on any atom is 0.280 e. The highest BCUT2D eigenvalue weighted by Gasteiger charge is 2.27. The number of halogens is 4. The molecule has 1 heterocycles. The van der Waals surface area contributed by atoms with E-state index in [1.54, 1.807) is 6.92 Å². The largest absolute Gasteiger partial charge is 0.383 e. The van der Waals surface area contributed by atoms with Crippen molar-refractivity contribution in [2.45, 2.75) is 31.6 Å². The van der Waals surface area contributed by atoms with Gasteiger partial charge in [-0.2, -0.15) is 4.99 Å². The van der Waals surface area contributed by atoms with E-state index in [9.17, 15) is 22.4 Å². The van der Waals surface area contributed by atoms with E-state index in [1.807, 2.05) is 0 Å². The van der Waals surface area contributed by atoms with Crippen LogP contribution >= 0.6 is 0 Å². The summed E-state index contributed by atoms with van der Waals surface area (Å²) in [5, 5.41) is 5.98. The summed E-state index contributed by atoms with van der Waals surface area (Å²) in [6.45, 7) is 2.10. The van der Waals surface area contributed by atoms with Crippen molar-refractivity contribution in [2.24, 2.45) is 4.99 Å². The molecule has 1 saturated heterocycles. The van der Waals surface area contributed by atoms with Gasteiger partial charge in [0.15, 0.2) is 11.6 Å². The average molecular weight is 453 g/mol. The Labute approximate surface area is 182 Å². The van der Waals surface area contributed by atoms with E-state index in [0.717, 1.165) is 24.3 Å². The zero-order chi connectivity index (χ0) is 23.3. The Hall–Kier alpha value is -3.02. The molecule has 4 N–H and O–H groups in total. The second kappa shape index (κ2) is 10.5. The molecule has 2 aromatic carbocycles. The van der Waals surface area contributed by atoms with E-state index in [-0.39, 0.29) is 17.6 Å². The summed E-state index contributed by atoms with van der Waals surface area (Å²) in [6, 6.07) is 5.33. The number of nitrogens with zero attached hydrogens (tertiary/aromatic N) is 1. The first-order valence-corrected chi connectivity index (χ1v) is 9.82. The highest BCUT2D eigenvalue weighted by Crippen LogP contribution is 2.23. The van der Waals surface area contributed by atoms with E-state index in [0.29, 0.717) is 18.6 Å². The molecule has 0 aliphatic carbocycles. The summed E-state index contributed by atoms with van der Waals surface area (Å²) < 4.78 is 58.8. The normalized spacial score (nSPS) is 19.6. The maximum atomic E-state index is 13.5. The fourth-order valence-electron chi connectivity index (χ4n) is 3.24. The highest BCUT2D eigenvalue weighted by molar-refractivity contribution is 6.02. The van der Waals surface area contributed by atoms with E-state index in [4.69, 9.17) is 4.74 Å². The smallest absolute Gasteiger partial charge is 0.280 e. The van der Waals surface area contributed by atoms with Gasteiger partial charge in [-0.3, -0.25) is 4.79 Å². The van der Waals surface area contributed by atoms with Gasteiger partial charge in [-0.25, -0.2) is 28.4 Å². The van der Waals surface area contributed by atoms with Crippen LogP contribution in [-0.2, 0) is 4.74 Å². The first-order valence-electron chi connectivity index (χ1n) is 9.82. The van der Waals surface area contributed by atoms with Gasteiger partial charge >= 0.3 is 0 Å². The minimum atomic E-state index is -1.16. The molecule has 3 atom stereocenters.